The maximum Gasteiger partial charge on any atom is 0.129 e. The Morgan fingerprint density at radius 3 is 1.13 bits per heavy atom. The van der Waals surface area contributed by atoms with Crippen LogP contribution in [0.25, 0.3) is 21.8 Å². The first-order valence-electron chi connectivity index (χ1n) is 21.9. The van der Waals surface area contributed by atoms with E-state index in [9.17, 15) is 0 Å². The third-order valence-electron chi connectivity index (χ3n) is 11.8. The van der Waals surface area contributed by atoms with Crippen molar-refractivity contribution < 1.29 is 22.4 Å². The van der Waals surface area contributed by atoms with Crippen LogP contribution in [0.15, 0.2) is 108 Å². The molecule has 1 aliphatic heterocycles. The Labute approximate surface area is 385 Å². The molecule has 5 aromatic carbocycles. The predicted molar refractivity (Wildman–Crippen MR) is 262 cm³/mol. The maximum absolute atomic E-state index is 5.24. The second kappa shape index (κ2) is 16.9. The Balaban J connectivity index is 0.000000269. The number of hydrogen-bond acceptors (Lipinski definition) is 3. The standard InChI is InChI=1S/C36H48N3.C20H24N.Au/c1-33(2,3)26-18-27(34(4,5)6)21-30(20-26)38-24-39(37-32(38)25-16-14-13-15-17-25)31-22-28(35(7,8)9)19-29(23-31)36(10,11)12;1-19(2,3)13-7-9-15-16-10-8-14(20(4,5)6)12-18(16)21-17(15)11-13;/h13-24H,1-12H3;7-12H,1-6H3;/q2*-1;. The second-order valence-electron chi connectivity index (χ2n) is 23.2. The van der Waals surface area contributed by atoms with Gasteiger partial charge in [0.2, 0.25) is 0 Å². The number of nitrogens with zero attached hydrogens (tertiary/aromatic N) is 4. The molecule has 0 N–H and O–H groups in total. The van der Waals surface area contributed by atoms with Gasteiger partial charge in [-0.25, -0.2) is 0 Å². The molecule has 1 radical (unpaired) electrons. The van der Waals surface area contributed by atoms with E-state index in [1.165, 1.54) is 44.2 Å². The minimum absolute atomic E-state index is 0. The third kappa shape index (κ3) is 10.9. The van der Waals surface area contributed by atoms with Gasteiger partial charge in [-0.15, -0.1) is 17.7 Å². The quantitative estimate of drug-likeness (QED) is 0.131. The average molecular weight is 998 g/mol. The molecule has 2 heterocycles. The summed E-state index contributed by atoms with van der Waals surface area (Å²) < 4.78 is 0. The molecule has 0 aliphatic carbocycles. The van der Waals surface area contributed by atoms with Gasteiger partial charge in [0.1, 0.15) is 5.84 Å². The fourth-order valence-corrected chi connectivity index (χ4v) is 7.43. The van der Waals surface area contributed by atoms with Gasteiger partial charge in [0.15, 0.2) is 0 Å². The topological polar surface area (TPSA) is 32.9 Å². The summed E-state index contributed by atoms with van der Waals surface area (Å²) in [5.74, 6) is 0.931. The van der Waals surface area contributed by atoms with Crippen molar-refractivity contribution in [3.63, 3.8) is 0 Å². The largest absolute Gasteiger partial charge is 0.657 e. The molecule has 4 nitrogen and oxygen atoms in total. The molecule has 1 aliphatic rings. The Hall–Kier alpha value is -4.09. The van der Waals surface area contributed by atoms with Crippen molar-refractivity contribution in [2.24, 2.45) is 5.10 Å². The second-order valence-corrected chi connectivity index (χ2v) is 23.2. The summed E-state index contributed by atoms with van der Waals surface area (Å²) in [5, 5.41) is 9.82. The molecule has 1 aromatic heterocycles. The SMILES string of the molecule is CC(C)(C)c1cc(N2[CH-]N(c3cc(C(C)(C)C)cc(C(C)(C)C)c3)C(c3ccccc3)=N2)cc(C(C)(C)C)c1.CC(C)(C)c1ccc2c(c1)[n-]c1cc(C(C)(C)C)ccc12.[Au]. The number of hydrogen-bond donors (Lipinski definition) is 0. The van der Waals surface area contributed by atoms with Gasteiger partial charge >= 0.3 is 0 Å². The number of anilines is 2. The predicted octanol–water partition coefficient (Wildman–Crippen LogP) is 15.2. The van der Waals surface area contributed by atoms with Crippen LogP contribution >= 0.6 is 0 Å². The van der Waals surface area contributed by atoms with Gasteiger partial charge in [-0.2, -0.15) is 5.10 Å². The van der Waals surface area contributed by atoms with Crippen LogP contribution in [0.2, 0.25) is 0 Å². The molecule has 0 unspecified atom stereocenters. The van der Waals surface area contributed by atoms with Crippen molar-refractivity contribution in [1.29, 1.82) is 0 Å². The van der Waals surface area contributed by atoms with E-state index in [1.54, 1.807) is 0 Å². The normalized spacial score (nSPS) is 14.2. The van der Waals surface area contributed by atoms with Crippen LogP contribution in [0, 0.1) is 6.67 Å². The van der Waals surface area contributed by atoms with Crippen LogP contribution in [0.1, 0.15) is 164 Å². The number of hydrazone groups is 1. The van der Waals surface area contributed by atoms with E-state index in [0.29, 0.717) is 0 Å². The molecule has 6 aromatic rings. The van der Waals surface area contributed by atoms with Gasteiger partial charge in [0.05, 0.1) is 0 Å². The van der Waals surface area contributed by atoms with E-state index in [1.807, 2.05) is 0 Å². The van der Waals surface area contributed by atoms with Crippen molar-refractivity contribution in [3.05, 3.63) is 149 Å². The van der Waals surface area contributed by atoms with Crippen LogP contribution in [0.5, 0.6) is 0 Å². The molecule has 0 saturated heterocycles. The van der Waals surface area contributed by atoms with Gasteiger partial charge in [0.25, 0.3) is 0 Å². The van der Waals surface area contributed by atoms with Crippen LogP contribution in [-0.2, 0) is 54.9 Å². The minimum Gasteiger partial charge on any atom is -0.657 e. The zero-order valence-electron chi connectivity index (χ0n) is 40.5. The first-order chi connectivity index (χ1) is 27.5. The first kappa shape index (κ1) is 48.0. The van der Waals surface area contributed by atoms with Crippen molar-refractivity contribution >= 4 is 39.0 Å². The van der Waals surface area contributed by atoms with Crippen LogP contribution < -0.4 is 14.9 Å². The minimum atomic E-state index is 0. The van der Waals surface area contributed by atoms with E-state index in [0.717, 1.165) is 33.8 Å². The molecule has 61 heavy (non-hydrogen) atoms. The van der Waals surface area contributed by atoms with Crippen molar-refractivity contribution in [1.82, 2.24) is 4.98 Å². The molecule has 0 fully saturated rings. The summed E-state index contributed by atoms with van der Waals surface area (Å²) in [5.41, 5.74) is 14.0. The van der Waals surface area contributed by atoms with Gasteiger partial charge in [-0.3, -0.25) is 0 Å². The molecule has 7 rings (SSSR count). The van der Waals surface area contributed by atoms with Crippen LogP contribution in [0.4, 0.5) is 11.4 Å². The van der Waals surface area contributed by atoms with Gasteiger partial charge in [-0.1, -0.05) is 203 Å². The number of aromatic nitrogens is 1. The summed E-state index contributed by atoms with van der Waals surface area (Å²) in [7, 11) is 0. The average Bonchev–Trinajstić information content (AvgIpc) is 3.75. The molecule has 0 bridgehead atoms. The summed E-state index contributed by atoms with van der Waals surface area (Å²) in [6, 6.07) is 37.9. The van der Waals surface area contributed by atoms with Crippen LogP contribution in [-0.4, -0.2) is 5.84 Å². The molecule has 0 spiro atoms. The van der Waals surface area contributed by atoms with E-state index < -0.39 is 0 Å². The van der Waals surface area contributed by atoms with Gasteiger partial charge in [-0.05, 0) is 101 Å². The fourth-order valence-electron chi connectivity index (χ4n) is 7.43. The van der Waals surface area contributed by atoms with Gasteiger partial charge in [0, 0.05) is 39.3 Å². The third-order valence-corrected chi connectivity index (χ3v) is 11.8. The van der Waals surface area contributed by atoms with Crippen molar-refractivity contribution in [2.45, 2.75) is 157 Å². The van der Waals surface area contributed by atoms with E-state index in [4.69, 9.17) is 10.1 Å². The molecular formula is C56H72AuN4-2. The monoisotopic (exact) mass is 998 g/mol. The molecule has 0 saturated carbocycles. The zero-order valence-corrected chi connectivity index (χ0v) is 42.6. The molecule has 329 valence electrons. The summed E-state index contributed by atoms with van der Waals surface area (Å²) in [6.07, 6.45) is 0. The smallest absolute Gasteiger partial charge is 0.129 e. The Bertz CT molecular complexity index is 2380. The summed E-state index contributed by atoms with van der Waals surface area (Å²) in [6.45, 7) is 43.0. The van der Waals surface area contributed by atoms with E-state index in [-0.39, 0.29) is 54.9 Å². The van der Waals surface area contributed by atoms with Crippen molar-refractivity contribution in [2.75, 3.05) is 9.91 Å². The van der Waals surface area contributed by atoms with Gasteiger partial charge < -0.3 is 14.9 Å². The molecule has 0 amide bonds. The van der Waals surface area contributed by atoms with Crippen molar-refractivity contribution in [3.8, 4) is 0 Å². The van der Waals surface area contributed by atoms with E-state index >= 15 is 0 Å². The Morgan fingerprint density at radius 1 is 0.410 bits per heavy atom. The Kier molecular flexibility index (Phi) is 13.3. The number of benzene rings is 5. The summed E-state index contributed by atoms with van der Waals surface area (Å²) >= 11 is 0. The zero-order chi connectivity index (χ0) is 44.4. The van der Waals surface area contributed by atoms with E-state index in [2.05, 4.69) is 244 Å². The fraction of sp³-hybridized carbons (Fsp3) is 0.429. The molecule has 0 atom stereocenters. The molecule has 5 heteroatoms. The number of amidine groups is 1. The number of rotatable bonds is 3. The van der Waals surface area contributed by atoms with Crippen LogP contribution in [0.3, 0.4) is 0 Å². The first-order valence-corrected chi connectivity index (χ1v) is 21.9. The number of fused-ring (bicyclic) bond motifs is 3. The maximum atomic E-state index is 5.24. The Morgan fingerprint density at radius 2 is 0.770 bits per heavy atom. The molecular weight excluding hydrogens is 926 g/mol. The summed E-state index contributed by atoms with van der Waals surface area (Å²) in [4.78, 5) is 7.13.